The van der Waals surface area contributed by atoms with Crippen LogP contribution in [0, 0.1) is 27.4 Å². The Balaban J connectivity index is 1.52. The Labute approximate surface area is 164 Å². The second kappa shape index (κ2) is 5.97. The Bertz CT molecular complexity index is 791. The van der Waals surface area contributed by atoms with Crippen molar-refractivity contribution in [2.45, 2.75) is 44.1 Å². The molecule has 0 N–H and O–H groups in total. The van der Waals surface area contributed by atoms with Crippen LogP contribution < -0.4 is 0 Å². The number of amides is 1. The molecule has 0 aromatic carbocycles. The maximum absolute atomic E-state index is 13.5. The molecule has 1 aromatic heterocycles. The first-order valence-electron chi connectivity index (χ1n) is 9.55. The summed E-state index contributed by atoms with van der Waals surface area (Å²) in [5, 5.41) is 15.4. The molecule has 2 unspecified atom stereocenters. The molecule has 5 fully saturated rings. The largest absolute Gasteiger partial charge is 0.492 e. The Morgan fingerprint density at radius 1 is 1.22 bits per heavy atom. The highest BCUT2D eigenvalue weighted by molar-refractivity contribution is 9.10. The van der Waals surface area contributed by atoms with Gasteiger partial charge >= 0.3 is 5.95 Å². The molecule has 146 valence electrons. The Kier molecular flexibility index (Phi) is 3.88. The van der Waals surface area contributed by atoms with Gasteiger partial charge in [0.1, 0.15) is 0 Å². The van der Waals surface area contributed by atoms with E-state index in [1.807, 2.05) is 4.90 Å². The van der Waals surface area contributed by atoms with Crippen molar-refractivity contribution in [2.24, 2.45) is 17.3 Å². The third kappa shape index (κ3) is 2.63. The summed E-state index contributed by atoms with van der Waals surface area (Å²) in [7, 11) is 0. The molecule has 1 saturated heterocycles. The number of carbonyl (C=O) groups excluding carboxylic acids is 1. The van der Waals surface area contributed by atoms with Gasteiger partial charge in [0.05, 0.1) is 24.2 Å². The molecule has 27 heavy (non-hydrogen) atoms. The zero-order valence-electron chi connectivity index (χ0n) is 15.0. The van der Waals surface area contributed by atoms with E-state index < -0.39 is 4.92 Å². The lowest BCUT2D eigenvalue weighted by Crippen LogP contribution is -2.62. The smallest absolute Gasteiger partial charge is 0.390 e. The van der Waals surface area contributed by atoms with Crippen LogP contribution in [-0.4, -0.2) is 56.8 Å². The van der Waals surface area contributed by atoms with Gasteiger partial charge in [0.15, 0.2) is 0 Å². The average molecular weight is 440 g/mol. The molecule has 2 heterocycles. The van der Waals surface area contributed by atoms with Crippen molar-refractivity contribution in [3.63, 3.8) is 0 Å². The van der Waals surface area contributed by atoms with Crippen LogP contribution in [0.25, 0.3) is 0 Å². The molecule has 4 aliphatic carbocycles. The number of rotatable bonds is 3. The molecule has 10 heteroatoms. The van der Waals surface area contributed by atoms with E-state index in [2.05, 4.69) is 26.0 Å². The molecule has 0 spiro atoms. The Morgan fingerprint density at radius 2 is 1.89 bits per heavy atom. The first-order valence-corrected chi connectivity index (χ1v) is 10.3. The highest BCUT2D eigenvalue weighted by atomic mass is 79.9. The van der Waals surface area contributed by atoms with Crippen LogP contribution in [0.15, 0.2) is 4.73 Å². The van der Waals surface area contributed by atoms with Crippen molar-refractivity contribution in [3.05, 3.63) is 14.8 Å². The number of hydrogen-bond donors (Lipinski definition) is 0. The maximum atomic E-state index is 13.5. The molecule has 1 aliphatic heterocycles. The van der Waals surface area contributed by atoms with E-state index >= 15 is 0 Å². The van der Waals surface area contributed by atoms with E-state index in [4.69, 9.17) is 4.74 Å². The fourth-order valence-electron chi connectivity index (χ4n) is 6.48. The predicted molar refractivity (Wildman–Crippen MR) is 96.9 cm³/mol. The van der Waals surface area contributed by atoms with Crippen molar-refractivity contribution in [1.82, 2.24) is 19.7 Å². The zero-order chi connectivity index (χ0) is 18.8. The molecule has 4 bridgehead atoms. The predicted octanol–water partition coefficient (Wildman–Crippen LogP) is 2.10. The highest BCUT2D eigenvalue weighted by Crippen LogP contribution is 2.65. The molecule has 5 aliphatic rings. The monoisotopic (exact) mass is 439 g/mol. The summed E-state index contributed by atoms with van der Waals surface area (Å²) in [6.45, 7) is 2.50. The number of ether oxygens (including phenoxy) is 1. The van der Waals surface area contributed by atoms with Crippen molar-refractivity contribution >= 4 is 27.8 Å². The molecular weight excluding hydrogens is 418 g/mol. The van der Waals surface area contributed by atoms with Crippen molar-refractivity contribution in [1.29, 1.82) is 0 Å². The van der Waals surface area contributed by atoms with E-state index in [9.17, 15) is 14.9 Å². The van der Waals surface area contributed by atoms with Crippen LogP contribution >= 0.6 is 15.9 Å². The van der Waals surface area contributed by atoms with Gasteiger partial charge < -0.3 is 19.8 Å². The van der Waals surface area contributed by atoms with Crippen LogP contribution in [0.5, 0.6) is 0 Å². The van der Waals surface area contributed by atoms with Crippen molar-refractivity contribution in [2.75, 3.05) is 26.3 Å². The second-order valence-electron chi connectivity index (χ2n) is 8.72. The third-order valence-electron chi connectivity index (χ3n) is 6.95. The van der Waals surface area contributed by atoms with Crippen LogP contribution in [0.1, 0.15) is 38.5 Å². The Morgan fingerprint density at radius 3 is 2.48 bits per heavy atom. The molecular formula is C17H22BrN5O4. The van der Waals surface area contributed by atoms with Gasteiger partial charge in [-0.2, -0.15) is 4.68 Å². The second-order valence-corrected chi connectivity index (χ2v) is 9.43. The molecule has 0 radical (unpaired) electrons. The molecule has 2 atom stereocenters. The quantitative estimate of drug-likeness (QED) is 0.527. The van der Waals surface area contributed by atoms with Crippen LogP contribution in [0.2, 0.25) is 0 Å². The van der Waals surface area contributed by atoms with Crippen LogP contribution in [-0.2, 0) is 15.1 Å². The fraction of sp³-hybridized carbons (Fsp3) is 0.824. The van der Waals surface area contributed by atoms with E-state index in [-0.39, 0.29) is 22.8 Å². The number of hydrogen-bond acceptors (Lipinski definition) is 6. The number of halogens is 1. The maximum Gasteiger partial charge on any atom is 0.492 e. The van der Waals surface area contributed by atoms with Gasteiger partial charge in [-0.15, -0.1) is 0 Å². The molecule has 4 saturated carbocycles. The number of morpholine rings is 1. The third-order valence-corrected chi connectivity index (χ3v) is 7.46. The van der Waals surface area contributed by atoms with E-state index in [0.717, 1.165) is 32.1 Å². The molecule has 1 aromatic rings. The minimum Gasteiger partial charge on any atom is -0.390 e. The van der Waals surface area contributed by atoms with Crippen molar-refractivity contribution < 1.29 is 14.5 Å². The molecule has 9 nitrogen and oxygen atoms in total. The summed E-state index contributed by atoms with van der Waals surface area (Å²) < 4.78 is 7.52. The number of carbonyl (C=O) groups is 1. The standard InChI is InChI=1S/C17H22BrN5O4/c18-14-19-15(23(25)26)20-22(14)17-8-11-5-12(9-17)7-16(6-11,10-17)13(24)21-1-3-27-4-2-21/h11-12H,1-10H2. The van der Waals surface area contributed by atoms with Gasteiger partial charge in [-0.1, -0.05) is 0 Å². The number of nitrogens with zero attached hydrogens (tertiary/aromatic N) is 5. The topological polar surface area (TPSA) is 103 Å². The first kappa shape index (κ1) is 17.5. The summed E-state index contributed by atoms with van der Waals surface area (Å²) in [6.07, 6.45) is 5.53. The zero-order valence-corrected chi connectivity index (χ0v) is 16.6. The minimum atomic E-state index is -0.559. The van der Waals surface area contributed by atoms with Gasteiger partial charge in [-0.3, -0.25) is 4.79 Å². The highest BCUT2D eigenvalue weighted by Gasteiger charge is 2.63. The SMILES string of the molecule is O=C(N1CCOCC1)C12CC3CC(C1)CC(n1nc([N+](=O)[O-])nc1Br)(C3)C2. The van der Waals surface area contributed by atoms with Crippen molar-refractivity contribution in [3.8, 4) is 0 Å². The average Bonchev–Trinajstić information content (AvgIpc) is 3.04. The summed E-state index contributed by atoms with van der Waals surface area (Å²) in [5.41, 5.74) is -0.728. The van der Waals surface area contributed by atoms with E-state index in [1.54, 1.807) is 4.68 Å². The first-order chi connectivity index (χ1) is 12.9. The number of nitro groups is 1. The van der Waals surface area contributed by atoms with Gasteiger partial charge in [0, 0.05) is 34.1 Å². The summed E-state index contributed by atoms with van der Waals surface area (Å²) >= 11 is 3.38. The summed E-state index contributed by atoms with van der Waals surface area (Å²) in [6, 6.07) is 0. The van der Waals surface area contributed by atoms with Gasteiger partial charge in [-0.25, -0.2) is 0 Å². The van der Waals surface area contributed by atoms with Gasteiger partial charge in [-0.05, 0) is 60.3 Å². The van der Waals surface area contributed by atoms with Gasteiger partial charge in [0.2, 0.25) is 5.91 Å². The lowest BCUT2D eigenvalue weighted by molar-refractivity contribution is -0.394. The van der Waals surface area contributed by atoms with E-state index in [1.165, 1.54) is 0 Å². The molecule has 1 amide bonds. The number of aromatic nitrogens is 3. The van der Waals surface area contributed by atoms with Crippen LogP contribution in [0.3, 0.4) is 0 Å². The summed E-state index contributed by atoms with van der Waals surface area (Å²) in [5.74, 6) is 0.791. The fourth-order valence-corrected chi connectivity index (χ4v) is 7.09. The van der Waals surface area contributed by atoms with Gasteiger partial charge in [0.25, 0.3) is 4.73 Å². The van der Waals surface area contributed by atoms with E-state index in [0.29, 0.717) is 49.3 Å². The normalized spacial score (nSPS) is 37.6. The van der Waals surface area contributed by atoms with Crippen LogP contribution in [0.4, 0.5) is 5.95 Å². The molecule has 6 rings (SSSR count). The summed E-state index contributed by atoms with van der Waals surface area (Å²) in [4.78, 5) is 30.1. The lowest BCUT2D eigenvalue weighted by Gasteiger charge is -2.61. The minimum absolute atomic E-state index is 0.245. The Hall–Kier alpha value is -1.55. The lowest BCUT2D eigenvalue weighted by atomic mass is 9.46.